The summed E-state index contributed by atoms with van der Waals surface area (Å²) in [5, 5.41) is 0. The van der Waals surface area contributed by atoms with Crippen molar-refractivity contribution in [3.8, 4) is 0 Å². The van der Waals surface area contributed by atoms with Gasteiger partial charge in [0.25, 0.3) is 0 Å². The van der Waals surface area contributed by atoms with Gasteiger partial charge in [0.1, 0.15) is 11.6 Å². The predicted molar refractivity (Wildman–Crippen MR) is 78.5 cm³/mol. The second-order valence-corrected chi connectivity index (χ2v) is 4.92. The van der Waals surface area contributed by atoms with Gasteiger partial charge in [0, 0.05) is 30.9 Å². The van der Waals surface area contributed by atoms with E-state index in [1.807, 2.05) is 25.1 Å². The fourth-order valence-electron chi connectivity index (χ4n) is 2.20. The van der Waals surface area contributed by atoms with E-state index in [-0.39, 0.29) is 5.56 Å². The van der Waals surface area contributed by atoms with Crippen LogP contribution >= 0.6 is 0 Å². The van der Waals surface area contributed by atoms with E-state index in [9.17, 15) is 8.78 Å². The third-order valence-corrected chi connectivity index (χ3v) is 3.37. The first-order valence-electron chi connectivity index (χ1n) is 6.93. The summed E-state index contributed by atoms with van der Waals surface area (Å²) >= 11 is 0. The van der Waals surface area contributed by atoms with Crippen LogP contribution in [0.15, 0.2) is 42.6 Å². The van der Waals surface area contributed by atoms with E-state index < -0.39 is 17.7 Å². The summed E-state index contributed by atoms with van der Waals surface area (Å²) in [5.41, 5.74) is 7.15. The third-order valence-electron chi connectivity index (χ3n) is 3.37. The molecule has 1 heterocycles. The molecule has 1 unspecified atom stereocenters. The number of rotatable bonds is 6. The van der Waals surface area contributed by atoms with Crippen molar-refractivity contribution in [2.45, 2.75) is 19.5 Å². The van der Waals surface area contributed by atoms with Gasteiger partial charge in [-0.05, 0) is 36.9 Å². The topological polar surface area (TPSA) is 42.2 Å². The summed E-state index contributed by atoms with van der Waals surface area (Å²) in [5.74, 6) is -0.951. The number of hydrogen-bond acceptors (Lipinski definition) is 3. The highest BCUT2D eigenvalue weighted by molar-refractivity contribution is 5.22. The van der Waals surface area contributed by atoms with Gasteiger partial charge in [0.15, 0.2) is 0 Å². The van der Waals surface area contributed by atoms with Gasteiger partial charge in [-0.25, -0.2) is 8.78 Å². The number of nitrogens with zero attached hydrogens (tertiary/aromatic N) is 2. The monoisotopic (exact) mass is 291 g/mol. The summed E-state index contributed by atoms with van der Waals surface area (Å²) in [6.45, 7) is 3.81. The summed E-state index contributed by atoms with van der Waals surface area (Å²) in [6, 6.07) is 8.49. The lowest BCUT2D eigenvalue weighted by molar-refractivity contribution is 0.257. The highest BCUT2D eigenvalue weighted by atomic mass is 19.1. The van der Waals surface area contributed by atoms with Crippen LogP contribution in [0.1, 0.15) is 24.2 Å². The second kappa shape index (κ2) is 7.24. The molecule has 1 aromatic heterocycles. The molecule has 0 bridgehead atoms. The maximum atomic E-state index is 13.7. The van der Waals surface area contributed by atoms with Crippen molar-refractivity contribution in [1.29, 1.82) is 0 Å². The van der Waals surface area contributed by atoms with Crippen LogP contribution in [0.4, 0.5) is 8.78 Å². The van der Waals surface area contributed by atoms with Gasteiger partial charge in [-0.3, -0.25) is 9.88 Å². The molecule has 3 nitrogen and oxygen atoms in total. The van der Waals surface area contributed by atoms with Crippen LogP contribution in [0.3, 0.4) is 0 Å². The zero-order chi connectivity index (χ0) is 15.2. The minimum absolute atomic E-state index is 0.203. The summed E-state index contributed by atoms with van der Waals surface area (Å²) in [7, 11) is 0. The van der Waals surface area contributed by atoms with Gasteiger partial charge in [0.2, 0.25) is 0 Å². The van der Waals surface area contributed by atoms with Crippen molar-refractivity contribution in [2.24, 2.45) is 5.73 Å². The maximum absolute atomic E-state index is 13.7. The zero-order valence-electron chi connectivity index (χ0n) is 12.0. The number of pyridine rings is 1. The van der Waals surface area contributed by atoms with Gasteiger partial charge in [0.05, 0.1) is 5.69 Å². The molecule has 0 aliphatic rings. The van der Waals surface area contributed by atoms with Crippen LogP contribution in [-0.4, -0.2) is 23.0 Å². The molecule has 2 rings (SSSR count). The van der Waals surface area contributed by atoms with Gasteiger partial charge < -0.3 is 5.73 Å². The molecule has 2 N–H and O–H groups in total. The van der Waals surface area contributed by atoms with E-state index in [2.05, 4.69) is 9.88 Å². The van der Waals surface area contributed by atoms with Crippen molar-refractivity contribution >= 4 is 0 Å². The summed E-state index contributed by atoms with van der Waals surface area (Å²) < 4.78 is 27.0. The van der Waals surface area contributed by atoms with Crippen molar-refractivity contribution in [1.82, 2.24) is 9.88 Å². The van der Waals surface area contributed by atoms with E-state index in [4.69, 9.17) is 5.73 Å². The summed E-state index contributed by atoms with van der Waals surface area (Å²) in [4.78, 5) is 6.31. The molecule has 0 aliphatic heterocycles. The Hall–Kier alpha value is -1.85. The molecule has 0 spiro atoms. The van der Waals surface area contributed by atoms with Crippen LogP contribution in [0, 0.1) is 11.6 Å². The Kier molecular flexibility index (Phi) is 5.36. The molecular formula is C16H19F2N3. The lowest BCUT2D eigenvalue weighted by Gasteiger charge is -2.24. The third kappa shape index (κ3) is 4.31. The SMILES string of the molecule is CCN(Cc1ccccn1)CC(N)c1cc(F)ccc1F. The molecule has 0 aliphatic carbocycles. The highest BCUT2D eigenvalue weighted by Gasteiger charge is 2.16. The van der Waals surface area contributed by atoms with E-state index in [1.54, 1.807) is 6.20 Å². The van der Waals surface area contributed by atoms with Crippen LogP contribution in [0.5, 0.6) is 0 Å². The standard InChI is InChI=1S/C16H19F2N3/c1-2-21(10-13-5-3-4-8-20-13)11-16(19)14-9-12(17)6-7-15(14)18/h3-9,16H,2,10-11,19H2,1H3. The summed E-state index contributed by atoms with van der Waals surface area (Å²) in [6.07, 6.45) is 1.73. The van der Waals surface area contributed by atoms with E-state index in [0.29, 0.717) is 13.1 Å². The van der Waals surface area contributed by atoms with Crippen LogP contribution < -0.4 is 5.73 Å². The Balaban J connectivity index is 2.05. The van der Waals surface area contributed by atoms with Crippen molar-refractivity contribution in [2.75, 3.05) is 13.1 Å². The quantitative estimate of drug-likeness (QED) is 0.890. The van der Waals surface area contributed by atoms with Crippen LogP contribution in [0.2, 0.25) is 0 Å². The van der Waals surface area contributed by atoms with Gasteiger partial charge in [-0.1, -0.05) is 13.0 Å². The van der Waals surface area contributed by atoms with Crippen LogP contribution in [-0.2, 0) is 6.54 Å². The van der Waals surface area contributed by atoms with E-state index in [0.717, 1.165) is 30.4 Å². The molecule has 1 atom stereocenters. The van der Waals surface area contributed by atoms with Crippen molar-refractivity contribution in [3.63, 3.8) is 0 Å². The fraction of sp³-hybridized carbons (Fsp3) is 0.312. The van der Waals surface area contributed by atoms with Crippen LogP contribution in [0.25, 0.3) is 0 Å². The predicted octanol–water partition coefficient (Wildman–Crippen LogP) is 2.88. The molecule has 0 radical (unpaired) electrons. The number of benzene rings is 1. The lowest BCUT2D eigenvalue weighted by Crippen LogP contribution is -2.32. The number of likely N-dealkylation sites (N-methyl/N-ethyl adjacent to an activating group) is 1. The number of hydrogen-bond donors (Lipinski definition) is 1. The molecule has 0 fully saturated rings. The molecule has 1 aromatic carbocycles. The molecule has 21 heavy (non-hydrogen) atoms. The normalized spacial score (nSPS) is 12.6. The molecule has 0 amide bonds. The van der Waals surface area contributed by atoms with Crippen molar-refractivity contribution < 1.29 is 8.78 Å². The van der Waals surface area contributed by atoms with E-state index >= 15 is 0 Å². The minimum Gasteiger partial charge on any atom is -0.323 e. The molecule has 2 aromatic rings. The first-order chi connectivity index (χ1) is 10.1. The average molecular weight is 291 g/mol. The number of aromatic nitrogens is 1. The highest BCUT2D eigenvalue weighted by Crippen LogP contribution is 2.18. The smallest absolute Gasteiger partial charge is 0.128 e. The Morgan fingerprint density at radius 3 is 2.71 bits per heavy atom. The average Bonchev–Trinajstić information content (AvgIpc) is 2.50. The molecule has 0 saturated carbocycles. The molecule has 5 heteroatoms. The maximum Gasteiger partial charge on any atom is 0.128 e. The minimum atomic E-state index is -0.579. The Labute approximate surface area is 123 Å². The molecule has 0 saturated heterocycles. The zero-order valence-corrected chi connectivity index (χ0v) is 12.0. The molecular weight excluding hydrogens is 272 g/mol. The molecule has 112 valence electrons. The van der Waals surface area contributed by atoms with E-state index in [1.165, 1.54) is 0 Å². The first-order valence-corrected chi connectivity index (χ1v) is 6.93. The second-order valence-electron chi connectivity index (χ2n) is 4.92. The number of nitrogens with two attached hydrogens (primary N) is 1. The van der Waals surface area contributed by atoms with Gasteiger partial charge in [-0.2, -0.15) is 0 Å². The Morgan fingerprint density at radius 2 is 2.05 bits per heavy atom. The fourth-order valence-corrected chi connectivity index (χ4v) is 2.20. The van der Waals surface area contributed by atoms with Gasteiger partial charge in [-0.15, -0.1) is 0 Å². The Bertz CT molecular complexity index is 575. The first kappa shape index (κ1) is 15.5. The largest absolute Gasteiger partial charge is 0.323 e. The Morgan fingerprint density at radius 1 is 1.24 bits per heavy atom. The van der Waals surface area contributed by atoms with Gasteiger partial charge >= 0.3 is 0 Å². The van der Waals surface area contributed by atoms with Crippen molar-refractivity contribution in [3.05, 3.63) is 65.5 Å². The number of halogens is 2. The lowest BCUT2D eigenvalue weighted by atomic mass is 10.1.